The summed E-state index contributed by atoms with van der Waals surface area (Å²) in [6.07, 6.45) is 2.20. The molecule has 1 aromatic rings. The van der Waals surface area contributed by atoms with E-state index in [9.17, 15) is 0 Å². The Morgan fingerprint density at radius 3 is 2.62 bits per heavy atom. The van der Waals surface area contributed by atoms with Gasteiger partial charge in [0.25, 0.3) is 0 Å². The van der Waals surface area contributed by atoms with Crippen LogP contribution in [0, 0.1) is 0 Å². The molecule has 0 heterocycles. The van der Waals surface area contributed by atoms with E-state index in [2.05, 4.69) is 43.4 Å². The molecule has 1 rings (SSSR count). The third-order valence-electron chi connectivity index (χ3n) is 3.35. The molecule has 1 unspecified atom stereocenters. The van der Waals surface area contributed by atoms with E-state index in [4.69, 9.17) is 9.47 Å². The van der Waals surface area contributed by atoms with Crippen molar-refractivity contribution in [1.29, 1.82) is 0 Å². The van der Waals surface area contributed by atoms with E-state index in [1.165, 1.54) is 5.56 Å². The molecule has 0 saturated carbocycles. The molecule has 1 N–H and O–H groups in total. The highest BCUT2D eigenvalue weighted by atomic mass is 16.5. The molecule has 120 valence electrons. The number of nitrogens with zero attached hydrogens (tertiary/aromatic N) is 1. The van der Waals surface area contributed by atoms with Crippen molar-refractivity contribution in [2.24, 2.45) is 0 Å². The van der Waals surface area contributed by atoms with Crippen molar-refractivity contribution in [2.75, 3.05) is 47.5 Å². The highest BCUT2D eigenvalue weighted by Crippen LogP contribution is 2.27. The molecule has 0 saturated heterocycles. The van der Waals surface area contributed by atoms with Gasteiger partial charge in [-0.05, 0) is 46.1 Å². The molecule has 0 aliphatic carbocycles. The second-order valence-corrected chi connectivity index (χ2v) is 5.48. The summed E-state index contributed by atoms with van der Waals surface area (Å²) in [6.45, 7) is 5.45. The third-order valence-corrected chi connectivity index (χ3v) is 3.35. The van der Waals surface area contributed by atoms with Crippen LogP contribution in [0.2, 0.25) is 0 Å². The standard InChI is InChI=1S/C17H30N2O2/c1-5-11-18-16(10-12-19(2)3)15-8-6-7-9-17(15)21-14-13-20-4/h6-9,16,18H,5,10-14H2,1-4H3. The van der Waals surface area contributed by atoms with Gasteiger partial charge in [-0.15, -0.1) is 0 Å². The number of rotatable bonds is 11. The molecule has 4 heteroatoms. The highest BCUT2D eigenvalue weighted by molar-refractivity contribution is 5.36. The van der Waals surface area contributed by atoms with E-state index < -0.39 is 0 Å². The van der Waals surface area contributed by atoms with Crippen LogP contribution in [0.3, 0.4) is 0 Å². The van der Waals surface area contributed by atoms with Crippen molar-refractivity contribution in [1.82, 2.24) is 10.2 Å². The molecule has 0 aliphatic heterocycles. The van der Waals surface area contributed by atoms with Crippen LogP contribution in [-0.4, -0.2) is 52.4 Å². The van der Waals surface area contributed by atoms with Crippen LogP contribution in [0.25, 0.3) is 0 Å². The zero-order valence-electron chi connectivity index (χ0n) is 13.9. The summed E-state index contributed by atoms with van der Waals surface area (Å²) in [5.41, 5.74) is 1.24. The average Bonchev–Trinajstić information content (AvgIpc) is 2.48. The van der Waals surface area contributed by atoms with Crippen molar-refractivity contribution < 1.29 is 9.47 Å². The minimum atomic E-state index is 0.325. The summed E-state index contributed by atoms with van der Waals surface area (Å²) in [4.78, 5) is 2.22. The molecule has 0 spiro atoms. The molecular formula is C17H30N2O2. The maximum Gasteiger partial charge on any atom is 0.124 e. The van der Waals surface area contributed by atoms with Gasteiger partial charge in [-0.1, -0.05) is 25.1 Å². The number of hydrogen-bond acceptors (Lipinski definition) is 4. The monoisotopic (exact) mass is 294 g/mol. The zero-order valence-corrected chi connectivity index (χ0v) is 13.9. The Hall–Kier alpha value is -1.10. The van der Waals surface area contributed by atoms with Crippen LogP contribution >= 0.6 is 0 Å². The Morgan fingerprint density at radius 2 is 1.95 bits per heavy atom. The van der Waals surface area contributed by atoms with Crippen LogP contribution in [0.1, 0.15) is 31.4 Å². The van der Waals surface area contributed by atoms with Crippen LogP contribution in [0.4, 0.5) is 0 Å². The molecule has 1 aromatic carbocycles. The van der Waals surface area contributed by atoms with Gasteiger partial charge in [-0.3, -0.25) is 0 Å². The number of para-hydroxylation sites is 1. The first-order valence-corrected chi connectivity index (χ1v) is 7.77. The molecule has 0 radical (unpaired) electrons. The van der Waals surface area contributed by atoms with E-state index in [1.54, 1.807) is 7.11 Å². The number of benzene rings is 1. The van der Waals surface area contributed by atoms with Gasteiger partial charge in [0, 0.05) is 18.7 Å². The lowest BCUT2D eigenvalue weighted by atomic mass is 10.0. The van der Waals surface area contributed by atoms with E-state index in [0.29, 0.717) is 19.3 Å². The second-order valence-electron chi connectivity index (χ2n) is 5.48. The van der Waals surface area contributed by atoms with Crippen molar-refractivity contribution in [3.8, 4) is 5.75 Å². The quantitative estimate of drug-likeness (QED) is 0.636. The van der Waals surface area contributed by atoms with E-state index in [-0.39, 0.29) is 0 Å². The van der Waals surface area contributed by atoms with Crippen LogP contribution in [0.15, 0.2) is 24.3 Å². The third kappa shape index (κ3) is 6.93. The number of hydrogen-bond donors (Lipinski definition) is 1. The van der Waals surface area contributed by atoms with Crippen molar-refractivity contribution in [3.05, 3.63) is 29.8 Å². The Bertz CT molecular complexity index is 383. The molecule has 0 bridgehead atoms. The van der Waals surface area contributed by atoms with Crippen LogP contribution < -0.4 is 10.1 Å². The van der Waals surface area contributed by atoms with Gasteiger partial charge in [0.05, 0.1) is 6.61 Å². The topological polar surface area (TPSA) is 33.7 Å². The molecule has 0 aliphatic rings. The summed E-state index contributed by atoms with van der Waals surface area (Å²) in [7, 11) is 5.91. The molecule has 0 amide bonds. The number of ether oxygens (including phenoxy) is 2. The van der Waals surface area contributed by atoms with Gasteiger partial charge in [0.15, 0.2) is 0 Å². The average molecular weight is 294 g/mol. The lowest BCUT2D eigenvalue weighted by molar-refractivity contribution is 0.145. The summed E-state index contributed by atoms with van der Waals surface area (Å²) in [5, 5.41) is 3.63. The summed E-state index contributed by atoms with van der Waals surface area (Å²) >= 11 is 0. The Balaban J connectivity index is 2.78. The fraction of sp³-hybridized carbons (Fsp3) is 0.647. The van der Waals surface area contributed by atoms with E-state index >= 15 is 0 Å². The normalized spacial score (nSPS) is 12.6. The Labute approximate surface area is 129 Å². The lowest BCUT2D eigenvalue weighted by Crippen LogP contribution is -2.27. The Kier molecular flexibility index (Phi) is 9.06. The largest absolute Gasteiger partial charge is 0.491 e. The van der Waals surface area contributed by atoms with Crippen LogP contribution in [-0.2, 0) is 4.74 Å². The van der Waals surface area contributed by atoms with Crippen molar-refractivity contribution >= 4 is 0 Å². The molecule has 21 heavy (non-hydrogen) atoms. The molecular weight excluding hydrogens is 264 g/mol. The smallest absolute Gasteiger partial charge is 0.124 e. The predicted octanol–water partition coefficient (Wildman–Crippen LogP) is 2.70. The minimum absolute atomic E-state index is 0.325. The van der Waals surface area contributed by atoms with Gasteiger partial charge in [0.2, 0.25) is 0 Å². The fourth-order valence-electron chi connectivity index (χ4n) is 2.21. The highest BCUT2D eigenvalue weighted by Gasteiger charge is 2.15. The molecule has 0 fully saturated rings. The fourth-order valence-corrected chi connectivity index (χ4v) is 2.21. The van der Waals surface area contributed by atoms with Gasteiger partial charge in [-0.25, -0.2) is 0 Å². The van der Waals surface area contributed by atoms with Gasteiger partial charge in [0.1, 0.15) is 12.4 Å². The number of methoxy groups -OCH3 is 1. The Morgan fingerprint density at radius 1 is 1.19 bits per heavy atom. The van der Waals surface area contributed by atoms with E-state index in [0.717, 1.165) is 31.7 Å². The SMILES string of the molecule is CCCNC(CCN(C)C)c1ccccc1OCCOC. The molecule has 1 atom stereocenters. The summed E-state index contributed by atoms with van der Waals surface area (Å²) in [5.74, 6) is 0.960. The van der Waals surface area contributed by atoms with E-state index in [1.807, 2.05) is 12.1 Å². The first-order valence-electron chi connectivity index (χ1n) is 7.77. The van der Waals surface area contributed by atoms with Crippen LogP contribution in [0.5, 0.6) is 5.75 Å². The maximum absolute atomic E-state index is 5.87. The zero-order chi connectivity index (χ0) is 15.5. The van der Waals surface area contributed by atoms with Gasteiger partial charge in [-0.2, -0.15) is 0 Å². The summed E-state index contributed by atoms with van der Waals surface area (Å²) in [6, 6.07) is 8.63. The molecule has 0 aromatic heterocycles. The first-order chi connectivity index (χ1) is 10.2. The number of nitrogens with one attached hydrogen (secondary N) is 1. The van der Waals surface area contributed by atoms with Gasteiger partial charge >= 0.3 is 0 Å². The lowest BCUT2D eigenvalue weighted by Gasteiger charge is -2.23. The summed E-state index contributed by atoms with van der Waals surface area (Å²) < 4.78 is 10.9. The van der Waals surface area contributed by atoms with Gasteiger partial charge < -0.3 is 19.7 Å². The molecule has 4 nitrogen and oxygen atoms in total. The minimum Gasteiger partial charge on any atom is -0.491 e. The first kappa shape index (κ1) is 18.0. The maximum atomic E-state index is 5.87. The van der Waals surface area contributed by atoms with Crippen molar-refractivity contribution in [2.45, 2.75) is 25.8 Å². The predicted molar refractivity (Wildman–Crippen MR) is 88.0 cm³/mol. The van der Waals surface area contributed by atoms with Crippen molar-refractivity contribution in [3.63, 3.8) is 0 Å². The second kappa shape index (κ2) is 10.6.